The summed E-state index contributed by atoms with van der Waals surface area (Å²) >= 11 is 0.659. The van der Waals surface area contributed by atoms with E-state index in [1.54, 1.807) is 42.5 Å². The molecular weight excluding hydrogens is 453 g/mol. The van der Waals surface area contributed by atoms with Gasteiger partial charge in [0, 0.05) is 16.3 Å². The zero-order valence-corrected chi connectivity index (χ0v) is 17.8. The van der Waals surface area contributed by atoms with Crippen molar-refractivity contribution in [3.05, 3.63) is 72.8 Å². The highest BCUT2D eigenvalue weighted by atomic mass is 32.7. The van der Waals surface area contributed by atoms with E-state index >= 15 is 0 Å². The van der Waals surface area contributed by atoms with Gasteiger partial charge in [0.25, 0.3) is 0 Å². The first-order valence-electron chi connectivity index (χ1n) is 8.78. The van der Waals surface area contributed by atoms with Crippen LogP contribution in [0.5, 0.6) is 11.5 Å². The van der Waals surface area contributed by atoms with Gasteiger partial charge in [-0.2, -0.15) is 15.0 Å². The third-order valence-electron chi connectivity index (χ3n) is 3.72. The molecule has 0 spiro atoms. The highest BCUT2D eigenvalue weighted by Crippen LogP contribution is 2.65. The summed E-state index contributed by atoms with van der Waals surface area (Å²) in [6.45, 7) is -4.19. The minimum atomic E-state index is -4.19. The van der Waals surface area contributed by atoms with Crippen molar-refractivity contribution < 1.29 is 28.0 Å². The lowest BCUT2D eigenvalue weighted by Crippen LogP contribution is -1.99. The Morgan fingerprint density at radius 2 is 1.03 bits per heavy atom. The number of hydrogen-bond acceptors (Lipinski definition) is 10. The minimum Gasteiger partial charge on any atom is -0.406 e. The van der Waals surface area contributed by atoms with Gasteiger partial charge >= 0.3 is 6.80 Å². The normalized spacial score (nSPS) is 11.6. The molecule has 3 aromatic rings. The van der Waals surface area contributed by atoms with Crippen molar-refractivity contribution in [2.75, 3.05) is 0 Å². The van der Waals surface area contributed by atoms with E-state index in [0.29, 0.717) is 16.3 Å². The summed E-state index contributed by atoms with van der Waals surface area (Å²) in [7, 11) is 0. The number of nitrogens with zero attached hydrogens (tertiary/aromatic N) is 3. The van der Waals surface area contributed by atoms with Gasteiger partial charge in [-0.05, 0) is 36.4 Å². The monoisotopic (exact) mass is 465 g/mol. The molecule has 0 aliphatic heterocycles. The Balaban J connectivity index is 2.09. The summed E-state index contributed by atoms with van der Waals surface area (Å²) in [4.78, 5) is 43.3. The van der Waals surface area contributed by atoms with Crippen LogP contribution in [-0.4, -0.2) is 18.2 Å². The smallest absolute Gasteiger partial charge is 0.406 e. The molecule has 0 radical (unpaired) electrons. The summed E-state index contributed by atoms with van der Waals surface area (Å²) in [6, 6.07) is 18.5. The van der Waals surface area contributed by atoms with E-state index in [9.17, 15) is 18.9 Å². The van der Waals surface area contributed by atoms with Crippen LogP contribution in [0.2, 0.25) is 0 Å². The van der Waals surface area contributed by atoms with Crippen molar-refractivity contribution in [3.8, 4) is 11.5 Å². The molecule has 0 saturated carbocycles. The molecule has 32 heavy (non-hydrogen) atoms. The van der Waals surface area contributed by atoms with Crippen molar-refractivity contribution in [2.45, 2.75) is 4.90 Å². The highest BCUT2D eigenvalue weighted by molar-refractivity contribution is 8.55. The minimum absolute atomic E-state index is 0.0144. The molecule has 0 atom stereocenters. The van der Waals surface area contributed by atoms with Gasteiger partial charge in [0.1, 0.15) is 11.4 Å². The number of benzene rings is 3. The summed E-state index contributed by atoms with van der Waals surface area (Å²) < 4.78 is 25.3. The summed E-state index contributed by atoms with van der Waals surface area (Å²) in [5.41, 5.74) is 0.342. The molecule has 0 aromatic heterocycles. The van der Waals surface area contributed by atoms with Crippen LogP contribution < -0.4 is 9.05 Å². The molecule has 0 saturated heterocycles. The summed E-state index contributed by atoms with van der Waals surface area (Å²) in [5.74, 6) is -0.0288. The lowest BCUT2D eigenvalue weighted by atomic mass is 10.3. The van der Waals surface area contributed by atoms with Crippen molar-refractivity contribution in [2.24, 2.45) is 15.0 Å². The van der Waals surface area contributed by atoms with E-state index in [0.717, 1.165) is 0 Å². The van der Waals surface area contributed by atoms with Crippen molar-refractivity contribution in [1.82, 2.24) is 0 Å². The third kappa shape index (κ3) is 5.78. The molecule has 0 aliphatic rings. The van der Waals surface area contributed by atoms with Gasteiger partial charge in [0.2, 0.25) is 18.2 Å². The molecule has 0 aliphatic carbocycles. The van der Waals surface area contributed by atoms with E-state index < -0.39 is 6.80 Å². The maximum absolute atomic E-state index is 13.9. The van der Waals surface area contributed by atoms with E-state index in [1.165, 1.54) is 48.6 Å². The van der Waals surface area contributed by atoms with E-state index in [1.807, 2.05) is 0 Å². The largest absolute Gasteiger partial charge is 0.497 e. The van der Waals surface area contributed by atoms with E-state index in [-0.39, 0.29) is 28.6 Å². The first-order chi connectivity index (χ1) is 15.6. The van der Waals surface area contributed by atoms with Gasteiger partial charge in [0.15, 0.2) is 11.5 Å². The number of aliphatic imine (C=N–C) groups is 3. The second kappa shape index (κ2) is 10.8. The van der Waals surface area contributed by atoms with Crippen LogP contribution in [-0.2, 0) is 18.9 Å². The van der Waals surface area contributed by atoms with Crippen LogP contribution in [0.25, 0.3) is 0 Å². The summed E-state index contributed by atoms with van der Waals surface area (Å²) in [6.07, 6.45) is 4.24. The van der Waals surface area contributed by atoms with Gasteiger partial charge in [-0.3, -0.25) is 0 Å². The average Bonchev–Trinajstić information content (AvgIpc) is 2.78. The number of rotatable bonds is 9. The van der Waals surface area contributed by atoms with Gasteiger partial charge in [-0.1, -0.05) is 36.4 Å². The summed E-state index contributed by atoms with van der Waals surface area (Å²) in [5, 5.41) is 0. The van der Waals surface area contributed by atoms with E-state index in [2.05, 4.69) is 15.0 Å². The van der Waals surface area contributed by atoms with Gasteiger partial charge < -0.3 is 9.05 Å². The second-order valence-corrected chi connectivity index (χ2v) is 9.50. The quantitative estimate of drug-likeness (QED) is 0.217. The maximum atomic E-state index is 13.9. The zero-order valence-electron chi connectivity index (χ0n) is 16.1. The molecule has 158 valence electrons. The topological polar surface area (TPSA) is 124 Å². The van der Waals surface area contributed by atoms with Crippen molar-refractivity contribution in [3.63, 3.8) is 0 Å². The molecule has 0 amide bonds. The number of carbonyl (C=O) groups excluding carboxylic acids is 3. The maximum Gasteiger partial charge on any atom is 0.497 e. The second-order valence-electron chi connectivity index (χ2n) is 5.73. The van der Waals surface area contributed by atoms with Crippen LogP contribution in [0.1, 0.15) is 0 Å². The molecule has 3 aromatic carbocycles. The molecule has 0 fully saturated rings. The standard InChI is InChI=1S/C21H12N3O6PS/c25-13-22-16-7-1-4-10-19(16)29-31(28,30-20-11-5-2-8-17(20)23-14-26)32-21-12-6-3-9-18(21)24-15-27/h1-12H. The van der Waals surface area contributed by atoms with Crippen LogP contribution >= 0.6 is 18.2 Å². The zero-order chi connectivity index (χ0) is 22.8. The molecule has 0 heterocycles. The van der Waals surface area contributed by atoms with Crippen LogP contribution in [0, 0.1) is 0 Å². The predicted octanol–water partition coefficient (Wildman–Crippen LogP) is 5.95. The van der Waals surface area contributed by atoms with Gasteiger partial charge in [-0.15, -0.1) is 0 Å². The average molecular weight is 465 g/mol. The molecule has 0 bridgehead atoms. The fraction of sp³-hybridized carbons (Fsp3) is 0. The van der Waals surface area contributed by atoms with Crippen LogP contribution in [0.15, 0.2) is 92.7 Å². The first-order valence-corrected chi connectivity index (χ1v) is 11.7. The third-order valence-corrected chi connectivity index (χ3v) is 7.04. The van der Waals surface area contributed by atoms with E-state index in [4.69, 9.17) is 9.05 Å². The Morgan fingerprint density at radius 3 is 1.53 bits per heavy atom. The fourth-order valence-electron chi connectivity index (χ4n) is 2.44. The molecular formula is C21H12N3O6PS. The van der Waals surface area contributed by atoms with Gasteiger partial charge in [0.05, 0.1) is 5.69 Å². The fourth-order valence-corrected chi connectivity index (χ4v) is 5.83. The Kier molecular flexibility index (Phi) is 7.68. The number of isocyanates is 3. The molecule has 0 unspecified atom stereocenters. The SMILES string of the molecule is O=C=Nc1ccccc1OP(=O)(Oc1ccccc1N=C=O)Sc1ccccc1N=C=O. The molecule has 0 N–H and O–H groups in total. The molecule has 11 heteroatoms. The highest BCUT2D eigenvalue weighted by Gasteiger charge is 2.33. The number of para-hydroxylation sites is 5. The Bertz CT molecular complexity index is 1170. The predicted molar refractivity (Wildman–Crippen MR) is 117 cm³/mol. The van der Waals surface area contributed by atoms with Crippen LogP contribution in [0.4, 0.5) is 17.1 Å². The first kappa shape index (κ1) is 22.7. The Morgan fingerprint density at radius 1 is 0.625 bits per heavy atom. The lowest BCUT2D eigenvalue weighted by molar-refractivity contribution is 0.409. The molecule has 3 rings (SSSR count). The van der Waals surface area contributed by atoms with Crippen LogP contribution in [0.3, 0.4) is 0 Å². The van der Waals surface area contributed by atoms with Crippen molar-refractivity contribution >= 4 is 53.5 Å². The lowest BCUT2D eigenvalue weighted by Gasteiger charge is -2.20. The van der Waals surface area contributed by atoms with Crippen molar-refractivity contribution in [1.29, 1.82) is 0 Å². The van der Waals surface area contributed by atoms with Gasteiger partial charge in [-0.25, -0.2) is 18.9 Å². The number of hydrogen-bond donors (Lipinski definition) is 0. The Hall–Kier alpha value is -4.02. The molecule has 9 nitrogen and oxygen atoms in total. The Labute approximate surface area is 185 Å².